The number of nitrogens with zero attached hydrogens (tertiary/aromatic N) is 4. The molecule has 1 aliphatic heterocycles. The van der Waals surface area contributed by atoms with Crippen LogP contribution in [0.25, 0.3) is 0 Å². The summed E-state index contributed by atoms with van der Waals surface area (Å²) < 4.78 is 1.62. The smallest absolute Gasteiger partial charge is 0.315 e. The van der Waals surface area contributed by atoms with E-state index in [1.165, 1.54) is 5.56 Å². The molecule has 3 rings (SSSR count). The van der Waals surface area contributed by atoms with Gasteiger partial charge in [0.2, 0.25) is 0 Å². The molecule has 1 atom stereocenters. The van der Waals surface area contributed by atoms with E-state index < -0.39 is 0 Å². The third-order valence-electron chi connectivity index (χ3n) is 4.14. The van der Waals surface area contributed by atoms with Gasteiger partial charge in [-0.3, -0.25) is 9.58 Å². The Morgan fingerprint density at radius 3 is 2.92 bits per heavy atom. The van der Waals surface area contributed by atoms with Crippen molar-refractivity contribution >= 4 is 6.03 Å². The van der Waals surface area contributed by atoms with Crippen molar-refractivity contribution in [3.63, 3.8) is 0 Å². The molecule has 0 aliphatic carbocycles. The summed E-state index contributed by atoms with van der Waals surface area (Å²) in [7, 11) is 1.81. The predicted octanol–water partition coefficient (Wildman–Crippen LogP) is 1.28. The van der Waals surface area contributed by atoms with Crippen LogP contribution in [0.5, 0.6) is 0 Å². The average Bonchev–Trinajstić information content (AvgIpc) is 3.00. The van der Waals surface area contributed by atoms with E-state index in [9.17, 15) is 4.79 Å². The number of rotatable bonds is 5. The van der Waals surface area contributed by atoms with Crippen LogP contribution >= 0.6 is 0 Å². The van der Waals surface area contributed by atoms with Crippen LogP contribution in [0.2, 0.25) is 0 Å². The highest BCUT2D eigenvalue weighted by atomic mass is 16.2. The molecular formula is C17H24N6O. The molecule has 7 nitrogen and oxygen atoms in total. The number of aromatic nitrogens is 3. The maximum Gasteiger partial charge on any atom is 0.315 e. The van der Waals surface area contributed by atoms with E-state index in [-0.39, 0.29) is 12.1 Å². The van der Waals surface area contributed by atoms with Crippen LogP contribution in [0.4, 0.5) is 4.79 Å². The highest BCUT2D eigenvalue weighted by Gasteiger charge is 2.21. The summed E-state index contributed by atoms with van der Waals surface area (Å²) in [4.78, 5) is 18.5. The molecule has 0 saturated carbocycles. The number of hydrogen-bond donors (Lipinski definition) is 2. The Morgan fingerprint density at radius 2 is 2.17 bits per heavy atom. The summed E-state index contributed by atoms with van der Waals surface area (Å²) in [6.07, 6.45) is 3.73. The average molecular weight is 328 g/mol. The highest BCUT2D eigenvalue weighted by Crippen LogP contribution is 2.13. The molecule has 1 saturated heterocycles. The molecule has 2 amide bonds. The first-order valence-corrected chi connectivity index (χ1v) is 8.34. The number of amides is 2. The summed E-state index contributed by atoms with van der Waals surface area (Å²) in [5.74, 6) is 0.613. The normalized spacial score (nSPS) is 18.3. The first-order valence-electron chi connectivity index (χ1n) is 8.34. The lowest BCUT2D eigenvalue weighted by atomic mass is 10.0. The van der Waals surface area contributed by atoms with Gasteiger partial charge in [0.15, 0.2) is 5.82 Å². The number of carbonyl (C=O) groups is 1. The molecule has 7 heteroatoms. The quantitative estimate of drug-likeness (QED) is 0.867. The Labute approximate surface area is 142 Å². The zero-order valence-electron chi connectivity index (χ0n) is 14.0. The van der Waals surface area contributed by atoms with Gasteiger partial charge in [-0.1, -0.05) is 30.3 Å². The Bertz CT molecular complexity index is 656. The Kier molecular flexibility index (Phi) is 5.43. The van der Waals surface area contributed by atoms with Crippen LogP contribution in [-0.2, 0) is 20.1 Å². The molecule has 1 fully saturated rings. The Morgan fingerprint density at radius 1 is 1.33 bits per heavy atom. The predicted molar refractivity (Wildman–Crippen MR) is 91.1 cm³/mol. The van der Waals surface area contributed by atoms with Gasteiger partial charge in [-0.2, -0.15) is 5.10 Å². The van der Waals surface area contributed by atoms with Crippen LogP contribution in [0.15, 0.2) is 36.7 Å². The van der Waals surface area contributed by atoms with Crippen LogP contribution in [-0.4, -0.2) is 44.8 Å². The van der Waals surface area contributed by atoms with Crippen molar-refractivity contribution in [1.82, 2.24) is 30.3 Å². The minimum atomic E-state index is -0.158. The summed E-state index contributed by atoms with van der Waals surface area (Å²) in [5.41, 5.74) is 1.31. The molecule has 0 radical (unpaired) electrons. The second-order valence-electron chi connectivity index (χ2n) is 6.22. The number of nitrogens with one attached hydrogen (secondary N) is 2. The maximum atomic E-state index is 12.1. The van der Waals surface area contributed by atoms with Gasteiger partial charge in [-0.15, -0.1) is 0 Å². The van der Waals surface area contributed by atoms with Gasteiger partial charge in [0.05, 0.1) is 6.54 Å². The molecule has 1 aliphatic rings. The van der Waals surface area contributed by atoms with Crippen LogP contribution in [0.3, 0.4) is 0 Å². The second kappa shape index (κ2) is 7.92. The molecule has 24 heavy (non-hydrogen) atoms. The van der Waals surface area contributed by atoms with E-state index in [1.54, 1.807) is 18.1 Å². The fourth-order valence-corrected chi connectivity index (χ4v) is 3.02. The summed E-state index contributed by atoms with van der Waals surface area (Å²) in [6.45, 7) is 3.22. The molecule has 0 spiro atoms. The van der Waals surface area contributed by atoms with Gasteiger partial charge >= 0.3 is 6.03 Å². The van der Waals surface area contributed by atoms with Crippen LogP contribution in [0, 0.1) is 0 Å². The van der Waals surface area contributed by atoms with Gasteiger partial charge in [0, 0.05) is 26.2 Å². The molecule has 2 N–H and O–H groups in total. The second-order valence-corrected chi connectivity index (χ2v) is 6.22. The molecule has 2 aromatic rings. The summed E-state index contributed by atoms with van der Waals surface area (Å²) >= 11 is 0. The van der Waals surface area contributed by atoms with Crippen molar-refractivity contribution in [3.8, 4) is 0 Å². The number of benzene rings is 1. The zero-order valence-corrected chi connectivity index (χ0v) is 14.0. The summed E-state index contributed by atoms with van der Waals surface area (Å²) in [5, 5.41) is 10.0. The fraction of sp³-hybridized carbons (Fsp3) is 0.471. The molecule has 0 unspecified atom stereocenters. The zero-order chi connectivity index (χ0) is 16.8. The molecule has 128 valence electrons. The minimum Gasteiger partial charge on any atom is -0.334 e. The summed E-state index contributed by atoms with van der Waals surface area (Å²) in [6, 6.07) is 10.5. The third kappa shape index (κ3) is 4.79. The maximum absolute atomic E-state index is 12.1. The number of urea groups is 1. The molecule has 1 aromatic carbocycles. The van der Waals surface area contributed by atoms with E-state index in [2.05, 4.69) is 49.9 Å². The topological polar surface area (TPSA) is 75.1 Å². The number of piperidine rings is 1. The first kappa shape index (κ1) is 16.4. The minimum absolute atomic E-state index is 0.158. The largest absolute Gasteiger partial charge is 0.334 e. The standard InChI is InChI=1S/C17H24N6O/c1-22-13-19-16(21-22)10-18-17(24)20-15-8-5-9-23(12-15)11-14-6-3-2-4-7-14/h2-4,6-7,13,15H,5,8-12H2,1H3,(H2,18,20,24)/t15-/m0/s1. The number of hydrogen-bond acceptors (Lipinski definition) is 4. The lowest BCUT2D eigenvalue weighted by Crippen LogP contribution is -2.50. The van der Waals surface area contributed by atoms with Crippen LogP contribution in [0.1, 0.15) is 24.2 Å². The molecule has 1 aromatic heterocycles. The van der Waals surface area contributed by atoms with Gasteiger partial charge in [-0.05, 0) is 24.9 Å². The Balaban J connectivity index is 1.43. The molecular weight excluding hydrogens is 304 g/mol. The van der Waals surface area contributed by atoms with Gasteiger partial charge in [0.25, 0.3) is 0 Å². The monoisotopic (exact) mass is 328 g/mol. The number of aryl methyl sites for hydroxylation is 1. The number of carbonyl (C=O) groups excluding carboxylic acids is 1. The lowest BCUT2D eigenvalue weighted by molar-refractivity contribution is 0.180. The lowest BCUT2D eigenvalue weighted by Gasteiger charge is -2.33. The van der Waals surface area contributed by atoms with Gasteiger partial charge in [0.1, 0.15) is 6.33 Å². The molecule has 0 bridgehead atoms. The highest BCUT2D eigenvalue weighted by molar-refractivity contribution is 5.74. The van der Waals surface area contributed by atoms with Gasteiger partial charge < -0.3 is 10.6 Å². The van der Waals surface area contributed by atoms with Crippen molar-refractivity contribution in [2.75, 3.05) is 13.1 Å². The van der Waals surface area contributed by atoms with Crippen molar-refractivity contribution in [2.45, 2.75) is 32.0 Å². The van der Waals surface area contributed by atoms with E-state index in [0.717, 1.165) is 32.5 Å². The fourth-order valence-electron chi connectivity index (χ4n) is 3.02. The number of likely N-dealkylation sites (tertiary alicyclic amines) is 1. The first-order chi connectivity index (χ1) is 11.7. The third-order valence-corrected chi connectivity index (χ3v) is 4.14. The van der Waals surface area contributed by atoms with E-state index >= 15 is 0 Å². The SMILES string of the molecule is Cn1cnc(CNC(=O)N[C@H]2CCCN(Cc3ccccc3)C2)n1. The van der Waals surface area contributed by atoms with E-state index in [1.807, 2.05) is 6.07 Å². The van der Waals surface area contributed by atoms with Crippen molar-refractivity contribution in [3.05, 3.63) is 48.0 Å². The molecule has 2 heterocycles. The van der Waals surface area contributed by atoms with Gasteiger partial charge in [-0.25, -0.2) is 9.78 Å². The van der Waals surface area contributed by atoms with Crippen molar-refractivity contribution < 1.29 is 4.79 Å². The van der Waals surface area contributed by atoms with Crippen LogP contribution < -0.4 is 10.6 Å². The Hall–Kier alpha value is -2.41. The van der Waals surface area contributed by atoms with Crippen molar-refractivity contribution in [2.24, 2.45) is 7.05 Å². The van der Waals surface area contributed by atoms with Crippen molar-refractivity contribution in [1.29, 1.82) is 0 Å². The van der Waals surface area contributed by atoms with E-state index in [4.69, 9.17) is 0 Å². The van der Waals surface area contributed by atoms with E-state index in [0.29, 0.717) is 12.4 Å².